The molecule has 19 heavy (non-hydrogen) atoms. The van der Waals surface area contributed by atoms with E-state index in [-0.39, 0.29) is 10.2 Å². The maximum atomic E-state index is 13.3. The largest absolute Gasteiger partial charge is 0.449 e. The van der Waals surface area contributed by atoms with E-state index in [1.165, 1.54) is 6.07 Å². The van der Waals surface area contributed by atoms with E-state index >= 15 is 0 Å². The Morgan fingerprint density at radius 3 is 2.42 bits per heavy atom. The van der Waals surface area contributed by atoms with Crippen molar-refractivity contribution < 1.29 is 14.1 Å². The highest BCUT2D eigenvalue weighted by atomic mass is 79.9. The number of nitrogens with zero attached hydrogens (tertiary/aromatic N) is 1. The molecule has 0 N–H and O–H groups in total. The van der Waals surface area contributed by atoms with Crippen LogP contribution in [-0.4, -0.2) is 4.92 Å². The Morgan fingerprint density at radius 2 is 1.79 bits per heavy atom. The van der Waals surface area contributed by atoms with Crippen LogP contribution >= 0.6 is 31.9 Å². The monoisotopic (exact) mass is 389 g/mol. The van der Waals surface area contributed by atoms with Gasteiger partial charge in [0.1, 0.15) is 11.6 Å². The lowest BCUT2D eigenvalue weighted by Crippen LogP contribution is -1.95. The fourth-order valence-corrected chi connectivity index (χ4v) is 2.08. The molecule has 0 radical (unpaired) electrons. The second-order valence-electron chi connectivity index (χ2n) is 3.52. The summed E-state index contributed by atoms with van der Waals surface area (Å²) in [7, 11) is 0. The van der Waals surface area contributed by atoms with E-state index in [1.54, 1.807) is 24.3 Å². The van der Waals surface area contributed by atoms with E-state index in [0.29, 0.717) is 10.2 Å². The Balaban J connectivity index is 2.48. The molecule has 98 valence electrons. The average Bonchev–Trinajstić information content (AvgIpc) is 2.36. The third-order valence-corrected chi connectivity index (χ3v) is 3.52. The van der Waals surface area contributed by atoms with Crippen LogP contribution in [0.1, 0.15) is 0 Å². The zero-order chi connectivity index (χ0) is 14.0. The predicted octanol–water partition coefficient (Wildman–Crippen LogP) is 5.05. The first-order valence-electron chi connectivity index (χ1n) is 5.05. The van der Waals surface area contributed by atoms with Crippen LogP contribution in [0.25, 0.3) is 0 Å². The third kappa shape index (κ3) is 3.10. The summed E-state index contributed by atoms with van der Waals surface area (Å²) in [5.74, 6) is -0.347. The zero-order valence-corrected chi connectivity index (χ0v) is 12.4. The van der Waals surface area contributed by atoms with Crippen molar-refractivity contribution in [3.63, 3.8) is 0 Å². The minimum Gasteiger partial charge on any atom is -0.449 e. The molecule has 0 saturated heterocycles. The summed E-state index contributed by atoms with van der Waals surface area (Å²) in [6.45, 7) is 0. The van der Waals surface area contributed by atoms with Crippen molar-refractivity contribution in [3.05, 3.63) is 61.3 Å². The number of nitro groups is 1. The van der Waals surface area contributed by atoms with E-state index in [4.69, 9.17) is 4.74 Å². The van der Waals surface area contributed by atoms with Gasteiger partial charge >= 0.3 is 5.69 Å². The number of ether oxygens (including phenoxy) is 1. The topological polar surface area (TPSA) is 52.4 Å². The molecule has 0 aliphatic heterocycles. The van der Waals surface area contributed by atoms with Crippen molar-refractivity contribution in [3.8, 4) is 11.5 Å². The first-order valence-corrected chi connectivity index (χ1v) is 6.63. The summed E-state index contributed by atoms with van der Waals surface area (Å²) in [6.07, 6.45) is 0. The van der Waals surface area contributed by atoms with Gasteiger partial charge in [-0.25, -0.2) is 4.39 Å². The molecule has 7 heteroatoms. The second kappa shape index (κ2) is 5.66. The molecule has 0 amide bonds. The van der Waals surface area contributed by atoms with E-state index in [0.717, 1.165) is 6.07 Å². The predicted molar refractivity (Wildman–Crippen MR) is 75.0 cm³/mol. The van der Waals surface area contributed by atoms with Crippen molar-refractivity contribution in [1.82, 2.24) is 0 Å². The molecule has 0 saturated carbocycles. The molecule has 0 heterocycles. The molecule has 2 aromatic carbocycles. The van der Waals surface area contributed by atoms with E-state index < -0.39 is 16.4 Å². The molecule has 0 fully saturated rings. The normalized spacial score (nSPS) is 10.3. The first kappa shape index (κ1) is 14.0. The van der Waals surface area contributed by atoms with Gasteiger partial charge < -0.3 is 4.74 Å². The van der Waals surface area contributed by atoms with E-state index in [9.17, 15) is 14.5 Å². The second-order valence-corrected chi connectivity index (χ2v) is 5.23. The number of halogens is 3. The lowest BCUT2D eigenvalue weighted by molar-refractivity contribution is -0.385. The number of nitro benzene ring substituents is 1. The Morgan fingerprint density at radius 1 is 1.11 bits per heavy atom. The lowest BCUT2D eigenvalue weighted by Gasteiger charge is -2.08. The minimum absolute atomic E-state index is 0.0369. The molecule has 0 atom stereocenters. The Bertz CT molecular complexity index is 649. The third-order valence-electron chi connectivity index (χ3n) is 2.26. The van der Waals surface area contributed by atoms with Gasteiger partial charge in [-0.3, -0.25) is 10.1 Å². The quantitative estimate of drug-likeness (QED) is 0.544. The van der Waals surface area contributed by atoms with Crippen LogP contribution in [0.5, 0.6) is 11.5 Å². The molecule has 0 bridgehead atoms. The smallest absolute Gasteiger partial charge is 0.314 e. The molecule has 4 nitrogen and oxygen atoms in total. The van der Waals surface area contributed by atoms with Gasteiger partial charge in [-0.2, -0.15) is 0 Å². The van der Waals surface area contributed by atoms with Gasteiger partial charge in [0, 0.05) is 6.07 Å². The van der Waals surface area contributed by atoms with Crippen molar-refractivity contribution in [2.24, 2.45) is 0 Å². The molecule has 0 aliphatic carbocycles. The molecule has 0 unspecified atom stereocenters. The number of hydrogen-bond acceptors (Lipinski definition) is 3. The van der Waals surface area contributed by atoms with Crippen LogP contribution in [0, 0.1) is 15.9 Å². The van der Waals surface area contributed by atoms with E-state index in [2.05, 4.69) is 31.9 Å². The Kier molecular flexibility index (Phi) is 4.16. The lowest BCUT2D eigenvalue weighted by atomic mass is 10.3. The van der Waals surface area contributed by atoms with Crippen LogP contribution in [0.2, 0.25) is 0 Å². The van der Waals surface area contributed by atoms with Crippen molar-refractivity contribution in [1.29, 1.82) is 0 Å². The number of hydrogen-bond donors (Lipinski definition) is 0. The summed E-state index contributed by atoms with van der Waals surface area (Å²) < 4.78 is 19.5. The fourth-order valence-electron chi connectivity index (χ4n) is 1.39. The van der Waals surface area contributed by atoms with Gasteiger partial charge in [0.05, 0.1) is 19.9 Å². The molecule has 0 aliphatic rings. The van der Waals surface area contributed by atoms with E-state index in [1.807, 2.05) is 0 Å². The van der Waals surface area contributed by atoms with Gasteiger partial charge in [-0.1, -0.05) is 12.1 Å². The molecule has 0 aromatic heterocycles. The van der Waals surface area contributed by atoms with Gasteiger partial charge in [0.15, 0.2) is 0 Å². The summed E-state index contributed by atoms with van der Waals surface area (Å²) in [5.41, 5.74) is -0.434. The number of rotatable bonds is 3. The van der Waals surface area contributed by atoms with Gasteiger partial charge in [0.25, 0.3) is 0 Å². The van der Waals surface area contributed by atoms with Gasteiger partial charge in [-0.15, -0.1) is 0 Å². The Hall–Kier alpha value is -1.47. The van der Waals surface area contributed by atoms with Crippen molar-refractivity contribution in [2.45, 2.75) is 0 Å². The summed E-state index contributed by atoms with van der Waals surface area (Å²) in [4.78, 5) is 10.2. The molecular weight excluding hydrogens is 385 g/mol. The summed E-state index contributed by atoms with van der Waals surface area (Å²) in [6, 6.07) is 8.93. The molecule has 2 aromatic rings. The molecule has 0 spiro atoms. The highest BCUT2D eigenvalue weighted by molar-refractivity contribution is 9.10. The van der Waals surface area contributed by atoms with Crippen molar-refractivity contribution >= 4 is 37.5 Å². The van der Waals surface area contributed by atoms with Gasteiger partial charge in [-0.05, 0) is 44.0 Å². The first-order chi connectivity index (χ1) is 8.99. The van der Waals surface area contributed by atoms with Crippen molar-refractivity contribution in [2.75, 3.05) is 0 Å². The number of benzene rings is 2. The minimum atomic E-state index is -0.717. The van der Waals surface area contributed by atoms with Crippen LogP contribution in [0.3, 0.4) is 0 Å². The van der Waals surface area contributed by atoms with Gasteiger partial charge in [0.2, 0.25) is 5.75 Å². The van der Waals surface area contributed by atoms with Crippen LogP contribution < -0.4 is 4.74 Å². The maximum absolute atomic E-state index is 13.3. The summed E-state index contributed by atoms with van der Waals surface area (Å²) in [5, 5.41) is 10.9. The zero-order valence-electron chi connectivity index (χ0n) is 9.27. The standard InChI is InChI=1S/C12H6Br2FNO3/c13-7-3-1-2-4-11(7)19-12-5-8(14)9(15)6-10(12)16(17)18/h1-6H. The maximum Gasteiger partial charge on any atom is 0.314 e. The fraction of sp³-hybridized carbons (Fsp3) is 0. The average molecular weight is 391 g/mol. The molecular formula is C12H6Br2FNO3. The number of para-hydroxylation sites is 1. The highest BCUT2D eigenvalue weighted by Crippen LogP contribution is 2.37. The summed E-state index contributed by atoms with van der Waals surface area (Å²) >= 11 is 6.24. The highest BCUT2D eigenvalue weighted by Gasteiger charge is 2.20. The molecule has 2 rings (SSSR count). The van der Waals surface area contributed by atoms with Crippen LogP contribution in [-0.2, 0) is 0 Å². The Labute approximate surface area is 124 Å². The van der Waals surface area contributed by atoms with Crippen LogP contribution in [0.15, 0.2) is 45.3 Å². The van der Waals surface area contributed by atoms with Crippen LogP contribution in [0.4, 0.5) is 10.1 Å². The SMILES string of the molecule is O=[N+]([O-])c1cc(F)c(Br)cc1Oc1ccccc1Br.